The number of hydrogen-bond acceptors (Lipinski definition) is 7. The van der Waals surface area contributed by atoms with Crippen LogP contribution >= 0.6 is 0 Å². The molecule has 30 heavy (non-hydrogen) atoms. The van der Waals surface area contributed by atoms with Crippen LogP contribution < -0.4 is 4.90 Å². The van der Waals surface area contributed by atoms with E-state index < -0.39 is 0 Å². The molecule has 1 saturated carbocycles. The van der Waals surface area contributed by atoms with Gasteiger partial charge in [0.1, 0.15) is 18.0 Å². The van der Waals surface area contributed by atoms with Crippen LogP contribution in [0.3, 0.4) is 0 Å². The van der Waals surface area contributed by atoms with Gasteiger partial charge in [0, 0.05) is 12.5 Å². The van der Waals surface area contributed by atoms with Crippen molar-refractivity contribution in [2.45, 2.75) is 44.8 Å². The Bertz CT molecular complexity index is 1260. The molecule has 0 N–H and O–H groups in total. The number of rotatable bonds is 3. The Morgan fingerprint density at radius 3 is 2.87 bits per heavy atom. The average Bonchev–Trinajstić information content (AvgIpc) is 3.31. The molecule has 1 aliphatic carbocycles. The molecule has 8 nitrogen and oxygen atoms in total. The van der Waals surface area contributed by atoms with E-state index in [0.29, 0.717) is 58.8 Å². The smallest absolute Gasteiger partial charge is 0.230 e. The number of hydrogen-bond donors (Lipinski definition) is 0. The lowest BCUT2D eigenvalue weighted by molar-refractivity contribution is 0.0342. The van der Waals surface area contributed by atoms with Gasteiger partial charge in [0.2, 0.25) is 11.7 Å². The molecule has 0 unspecified atom stereocenters. The topological polar surface area (TPSA) is 81.6 Å². The van der Waals surface area contributed by atoms with Crippen LogP contribution in [-0.4, -0.2) is 49.8 Å². The highest BCUT2D eigenvalue weighted by Crippen LogP contribution is 2.40. The minimum absolute atomic E-state index is 0.0312. The highest BCUT2D eigenvalue weighted by Gasteiger charge is 2.32. The van der Waals surface area contributed by atoms with Crippen LogP contribution in [0, 0.1) is 5.82 Å². The van der Waals surface area contributed by atoms with Crippen molar-refractivity contribution in [3.63, 3.8) is 0 Å². The number of nitrogens with zero attached hydrogens (tertiary/aromatic N) is 6. The maximum atomic E-state index is 15.0. The van der Waals surface area contributed by atoms with E-state index >= 15 is 4.39 Å². The van der Waals surface area contributed by atoms with E-state index in [1.165, 1.54) is 6.07 Å². The number of halogens is 1. The monoisotopic (exact) mass is 408 g/mol. The number of fused-ring (bicyclic) bond motifs is 3. The molecule has 1 aromatic carbocycles. The first-order valence-electron chi connectivity index (χ1n) is 10.3. The first kappa shape index (κ1) is 17.8. The van der Waals surface area contributed by atoms with E-state index in [0.717, 1.165) is 12.8 Å². The number of benzene rings is 1. The standard InChI is InChI=1S/C21H21FN6O2/c1-11-9-29-12(2)8-27(11)19-16-14(22)4-3-5-15(16)28-10-23-17(20(28)25-19)18-24-21(30-26-18)13-6-7-13/h3-5,10-13H,6-9H2,1-2H3/t11-,12-/m0/s1. The Balaban J connectivity index is 1.59. The number of ether oxygens (including phenoxy) is 1. The van der Waals surface area contributed by atoms with Crippen molar-refractivity contribution in [2.75, 3.05) is 18.1 Å². The SMILES string of the molecule is C[C@H]1CN(c2nc3c(-c4noc(C5CC5)n4)ncn3c3cccc(F)c23)[C@@H](C)CO1. The van der Waals surface area contributed by atoms with Gasteiger partial charge in [0.15, 0.2) is 11.3 Å². The first-order chi connectivity index (χ1) is 14.6. The summed E-state index contributed by atoms with van der Waals surface area (Å²) in [6.07, 6.45) is 3.82. The molecule has 9 heteroatoms. The van der Waals surface area contributed by atoms with Gasteiger partial charge >= 0.3 is 0 Å². The van der Waals surface area contributed by atoms with E-state index in [9.17, 15) is 0 Å². The van der Waals surface area contributed by atoms with Crippen LogP contribution in [0.1, 0.15) is 38.5 Å². The van der Waals surface area contributed by atoms with E-state index in [2.05, 4.69) is 26.9 Å². The second-order valence-electron chi connectivity index (χ2n) is 8.23. The molecule has 0 amide bonds. The fraction of sp³-hybridized carbons (Fsp3) is 0.429. The highest BCUT2D eigenvalue weighted by atomic mass is 19.1. The van der Waals surface area contributed by atoms with Crippen LogP contribution in [0.2, 0.25) is 0 Å². The van der Waals surface area contributed by atoms with E-state index in [4.69, 9.17) is 14.2 Å². The lowest BCUT2D eigenvalue weighted by atomic mass is 10.1. The third kappa shape index (κ3) is 2.68. The van der Waals surface area contributed by atoms with Crippen molar-refractivity contribution < 1.29 is 13.7 Å². The van der Waals surface area contributed by atoms with Gasteiger partial charge in [-0.25, -0.2) is 14.4 Å². The third-order valence-electron chi connectivity index (χ3n) is 5.89. The fourth-order valence-corrected chi connectivity index (χ4v) is 4.11. The number of anilines is 1. The Morgan fingerprint density at radius 1 is 1.17 bits per heavy atom. The summed E-state index contributed by atoms with van der Waals surface area (Å²) in [6.45, 7) is 5.26. The molecule has 0 bridgehead atoms. The van der Waals surface area contributed by atoms with Crippen molar-refractivity contribution in [3.8, 4) is 11.5 Å². The number of aromatic nitrogens is 5. The summed E-state index contributed by atoms with van der Waals surface area (Å²) in [5.41, 5.74) is 1.82. The van der Waals surface area contributed by atoms with Crippen molar-refractivity contribution in [1.29, 1.82) is 0 Å². The van der Waals surface area contributed by atoms with Gasteiger partial charge in [0.05, 0.1) is 29.7 Å². The maximum absolute atomic E-state index is 15.0. The van der Waals surface area contributed by atoms with Crippen molar-refractivity contribution in [1.82, 2.24) is 24.5 Å². The Labute approximate surface area is 171 Å². The zero-order valence-electron chi connectivity index (χ0n) is 16.7. The molecule has 6 rings (SSSR count). The summed E-state index contributed by atoms with van der Waals surface area (Å²) < 4.78 is 28.0. The van der Waals surface area contributed by atoms with E-state index in [-0.39, 0.29) is 18.0 Å². The molecular formula is C21H21FN6O2. The van der Waals surface area contributed by atoms with Crippen LogP contribution in [0.15, 0.2) is 29.0 Å². The maximum Gasteiger partial charge on any atom is 0.230 e. The van der Waals surface area contributed by atoms with E-state index in [1.54, 1.807) is 16.8 Å². The molecule has 4 aromatic rings. The minimum atomic E-state index is -0.311. The minimum Gasteiger partial charge on any atom is -0.375 e. The quantitative estimate of drug-likeness (QED) is 0.513. The zero-order chi connectivity index (χ0) is 20.4. The summed E-state index contributed by atoms with van der Waals surface area (Å²) >= 11 is 0. The summed E-state index contributed by atoms with van der Waals surface area (Å²) in [5, 5.41) is 4.60. The summed E-state index contributed by atoms with van der Waals surface area (Å²) in [7, 11) is 0. The number of morpholine rings is 1. The molecule has 2 aliphatic rings. The predicted molar refractivity (Wildman–Crippen MR) is 108 cm³/mol. The molecule has 3 aromatic heterocycles. The van der Waals surface area contributed by atoms with Gasteiger partial charge in [-0.15, -0.1) is 0 Å². The summed E-state index contributed by atoms with van der Waals surface area (Å²) in [5.74, 6) is 1.69. The first-order valence-corrected chi connectivity index (χ1v) is 10.3. The van der Waals surface area contributed by atoms with Gasteiger partial charge < -0.3 is 14.2 Å². The molecular weight excluding hydrogens is 387 g/mol. The molecule has 0 radical (unpaired) electrons. The van der Waals surface area contributed by atoms with Gasteiger partial charge in [-0.2, -0.15) is 4.98 Å². The molecule has 4 heterocycles. The van der Waals surface area contributed by atoms with Gasteiger partial charge in [0.25, 0.3) is 0 Å². The van der Waals surface area contributed by atoms with Crippen LogP contribution in [0.5, 0.6) is 0 Å². The van der Waals surface area contributed by atoms with Gasteiger partial charge in [-0.1, -0.05) is 11.2 Å². The summed E-state index contributed by atoms with van der Waals surface area (Å²) in [6, 6.07) is 5.11. The Morgan fingerprint density at radius 2 is 2.03 bits per heavy atom. The van der Waals surface area contributed by atoms with Crippen molar-refractivity contribution >= 4 is 22.4 Å². The third-order valence-corrected chi connectivity index (χ3v) is 5.89. The van der Waals surface area contributed by atoms with Gasteiger partial charge in [-0.3, -0.25) is 4.40 Å². The molecule has 0 spiro atoms. The molecule has 1 aliphatic heterocycles. The Hall–Kier alpha value is -3.07. The van der Waals surface area contributed by atoms with Crippen molar-refractivity contribution in [3.05, 3.63) is 36.2 Å². The average molecular weight is 408 g/mol. The van der Waals surface area contributed by atoms with Crippen LogP contribution in [0.25, 0.3) is 28.1 Å². The largest absolute Gasteiger partial charge is 0.375 e. The lowest BCUT2D eigenvalue weighted by Gasteiger charge is -2.38. The number of imidazole rings is 1. The summed E-state index contributed by atoms with van der Waals surface area (Å²) in [4.78, 5) is 16.0. The molecule has 2 atom stereocenters. The molecule has 154 valence electrons. The Kier molecular flexibility index (Phi) is 3.83. The van der Waals surface area contributed by atoms with Crippen molar-refractivity contribution in [2.24, 2.45) is 0 Å². The fourth-order valence-electron chi connectivity index (χ4n) is 4.11. The highest BCUT2D eigenvalue weighted by molar-refractivity contribution is 5.94. The second kappa shape index (κ2) is 6.46. The molecule has 1 saturated heterocycles. The normalized spacial score (nSPS) is 22.3. The zero-order valence-corrected chi connectivity index (χ0v) is 16.7. The predicted octanol–water partition coefficient (Wildman–Crippen LogP) is 3.56. The molecule has 2 fully saturated rings. The lowest BCUT2D eigenvalue weighted by Crippen LogP contribution is -2.48. The second-order valence-corrected chi connectivity index (χ2v) is 8.23. The van der Waals surface area contributed by atoms with Gasteiger partial charge in [-0.05, 0) is 38.8 Å². The van der Waals surface area contributed by atoms with E-state index in [1.807, 2.05) is 13.0 Å². The van der Waals surface area contributed by atoms with Crippen LogP contribution in [0.4, 0.5) is 10.2 Å². The van der Waals surface area contributed by atoms with Crippen LogP contribution in [-0.2, 0) is 4.74 Å².